The Bertz CT molecular complexity index is 567. The lowest BCUT2D eigenvalue weighted by Gasteiger charge is -2.06. The zero-order valence-corrected chi connectivity index (χ0v) is 11.9. The van der Waals surface area contributed by atoms with Crippen molar-refractivity contribution in [1.82, 2.24) is 5.32 Å². The normalized spacial score (nSPS) is 10.2. The first-order chi connectivity index (χ1) is 9.13. The van der Waals surface area contributed by atoms with Gasteiger partial charge in [-0.05, 0) is 35.4 Å². The van der Waals surface area contributed by atoms with E-state index in [0.717, 1.165) is 15.6 Å². The Kier molecular flexibility index (Phi) is 4.58. The van der Waals surface area contributed by atoms with Crippen LogP contribution < -0.4 is 5.32 Å². The van der Waals surface area contributed by atoms with Gasteiger partial charge >= 0.3 is 0 Å². The Balaban J connectivity index is 1.86. The number of hydrogen-bond acceptors (Lipinski definition) is 2. The van der Waals surface area contributed by atoms with Crippen molar-refractivity contribution in [2.45, 2.75) is 13.0 Å². The first-order valence-corrected chi connectivity index (χ1v) is 6.72. The van der Waals surface area contributed by atoms with E-state index in [1.807, 2.05) is 24.3 Å². The van der Waals surface area contributed by atoms with E-state index in [1.54, 1.807) is 24.3 Å². The monoisotopic (exact) mass is 319 g/mol. The fraction of sp³-hybridized carbons (Fsp3) is 0.133. The van der Waals surface area contributed by atoms with Crippen LogP contribution >= 0.6 is 15.9 Å². The van der Waals surface area contributed by atoms with Crippen molar-refractivity contribution < 1.29 is 9.90 Å². The molecule has 0 aliphatic carbocycles. The van der Waals surface area contributed by atoms with Crippen LogP contribution in [-0.4, -0.2) is 11.0 Å². The third-order valence-electron chi connectivity index (χ3n) is 2.68. The summed E-state index contributed by atoms with van der Waals surface area (Å²) in [7, 11) is 0. The Morgan fingerprint density at radius 2 is 1.84 bits per heavy atom. The highest BCUT2D eigenvalue weighted by Gasteiger charge is 2.03. The van der Waals surface area contributed by atoms with Gasteiger partial charge < -0.3 is 10.4 Å². The smallest absolute Gasteiger partial charge is 0.224 e. The fourth-order valence-electron chi connectivity index (χ4n) is 1.71. The van der Waals surface area contributed by atoms with Crippen molar-refractivity contribution in [2.75, 3.05) is 0 Å². The second-order valence-electron chi connectivity index (χ2n) is 4.25. The van der Waals surface area contributed by atoms with Gasteiger partial charge in [-0.1, -0.05) is 40.2 Å². The zero-order chi connectivity index (χ0) is 13.7. The summed E-state index contributed by atoms with van der Waals surface area (Å²) in [6.07, 6.45) is 0.314. The second-order valence-corrected chi connectivity index (χ2v) is 5.17. The lowest BCUT2D eigenvalue weighted by atomic mass is 10.1. The minimum atomic E-state index is -0.0364. The van der Waals surface area contributed by atoms with Gasteiger partial charge in [-0.25, -0.2) is 0 Å². The van der Waals surface area contributed by atoms with Gasteiger partial charge in [0.1, 0.15) is 5.75 Å². The van der Waals surface area contributed by atoms with E-state index in [2.05, 4.69) is 21.2 Å². The number of rotatable bonds is 4. The van der Waals surface area contributed by atoms with E-state index in [4.69, 9.17) is 5.11 Å². The molecule has 0 saturated heterocycles. The predicted molar refractivity (Wildman–Crippen MR) is 77.8 cm³/mol. The van der Waals surface area contributed by atoms with Gasteiger partial charge in [0.15, 0.2) is 0 Å². The van der Waals surface area contributed by atoms with E-state index in [-0.39, 0.29) is 11.7 Å². The molecule has 0 aromatic heterocycles. The maximum atomic E-state index is 11.8. The molecule has 19 heavy (non-hydrogen) atoms. The Morgan fingerprint density at radius 3 is 2.53 bits per heavy atom. The molecule has 0 saturated carbocycles. The van der Waals surface area contributed by atoms with Crippen molar-refractivity contribution in [3.8, 4) is 5.75 Å². The summed E-state index contributed by atoms with van der Waals surface area (Å²) < 4.78 is 0.998. The molecule has 0 aliphatic rings. The number of hydrogen-bond donors (Lipinski definition) is 2. The molecule has 0 spiro atoms. The van der Waals surface area contributed by atoms with Crippen LogP contribution in [0.4, 0.5) is 0 Å². The zero-order valence-electron chi connectivity index (χ0n) is 10.3. The average Bonchev–Trinajstić information content (AvgIpc) is 2.39. The van der Waals surface area contributed by atoms with E-state index >= 15 is 0 Å². The predicted octanol–water partition coefficient (Wildman–Crippen LogP) is 3.01. The summed E-state index contributed by atoms with van der Waals surface area (Å²) in [5.41, 5.74) is 1.93. The SMILES string of the molecule is O=C(Cc1ccc(O)cc1)NCc1cccc(Br)c1. The molecule has 0 radical (unpaired) electrons. The molecular formula is C15H14BrNO2. The Morgan fingerprint density at radius 1 is 1.11 bits per heavy atom. The maximum Gasteiger partial charge on any atom is 0.224 e. The van der Waals surface area contributed by atoms with E-state index in [1.165, 1.54) is 0 Å². The van der Waals surface area contributed by atoms with E-state index < -0.39 is 0 Å². The number of carbonyl (C=O) groups excluding carboxylic acids is 1. The van der Waals surface area contributed by atoms with Gasteiger partial charge in [-0.2, -0.15) is 0 Å². The molecule has 0 atom stereocenters. The van der Waals surface area contributed by atoms with Gasteiger partial charge in [-0.15, -0.1) is 0 Å². The van der Waals surface area contributed by atoms with Gasteiger partial charge in [-0.3, -0.25) is 4.79 Å². The number of benzene rings is 2. The number of carbonyl (C=O) groups is 1. The maximum absolute atomic E-state index is 11.8. The van der Waals surface area contributed by atoms with Crippen molar-refractivity contribution in [3.63, 3.8) is 0 Å². The minimum absolute atomic E-state index is 0.0364. The highest BCUT2D eigenvalue weighted by atomic mass is 79.9. The Hall–Kier alpha value is -1.81. The molecule has 2 rings (SSSR count). The topological polar surface area (TPSA) is 49.3 Å². The summed E-state index contributed by atoms with van der Waals surface area (Å²) in [4.78, 5) is 11.8. The molecular weight excluding hydrogens is 306 g/mol. The van der Waals surface area contributed by atoms with Crippen molar-refractivity contribution in [3.05, 3.63) is 64.1 Å². The second kappa shape index (κ2) is 6.38. The molecule has 0 fully saturated rings. The quantitative estimate of drug-likeness (QED) is 0.910. The molecule has 2 aromatic carbocycles. The van der Waals surface area contributed by atoms with E-state index in [0.29, 0.717) is 13.0 Å². The van der Waals surface area contributed by atoms with Crippen LogP contribution in [0.15, 0.2) is 53.0 Å². The van der Waals surface area contributed by atoms with Crippen LogP contribution in [0, 0.1) is 0 Å². The number of aromatic hydroxyl groups is 1. The van der Waals surface area contributed by atoms with Crippen LogP contribution in [0.2, 0.25) is 0 Å². The molecule has 2 aromatic rings. The lowest BCUT2D eigenvalue weighted by molar-refractivity contribution is -0.120. The molecule has 0 bridgehead atoms. The molecule has 0 unspecified atom stereocenters. The largest absolute Gasteiger partial charge is 0.508 e. The standard InChI is InChI=1S/C15H14BrNO2/c16-13-3-1-2-12(8-13)10-17-15(19)9-11-4-6-14(18)7-5-11/h1-8,18H,9-10H2,(H,17,19). The van der Waals surface area contributed by atoms with Crippen LogP contribution in [0.25, 0.3) is 0 Å². The number of halogens is 1. The van der Waals surface area contributed by atoms with Crippen LogP contribution in [-0.2, 0) is 17.8 Å². The molecule has 2 N–H and O–H groups in total. The first-order valence-electron chi connectivity index (χ1n) is 5.92. The number of phenols is 1. The third-order valence-corrected chi connectivity index (χ3v) is 3.17. The molecule has 98 valence electrons. The lowest BCUT2D eigenvalue weighted by Crippen LogP contribution is -2.24. The first kappa shape index (κ1) is 13.6. The van der Waals surface area contributed by atoms with Gasteiger partial charge in [0.25, 0.3) is 0 Å². The van der Waals surface area contributed by atoms with Gasteiger partial charge in [0.2, 0.25) is 5.91 Å². The molecule has 0 aliphatic heterocycles. The number of nitrogens with one attached hydrogen (secondary N) is 1. The Labute approximate surface area is 120 Å². The molecule has 1 amide bonds. The highest BCUT2D eigenvalue weighted by Crippen LogP contribution is 2.12. The van der Waals surface area contributed by atoms with Crippen LogP contribution in [0.5, 0.6) is 5.75 Å². The van der Waals surface area contributed by atoms with Gasteiger partial charge in [0.05, 0.1) is 6.42 Å². The number of amides is 1. The minimum Gasteiger partial charge on any atom is -0.508 e. The highest BCUT2D eigenvalue weighted by molar-refractivity contribution is 9.10. The molecule has 3 nitrogen and oxygen atoms in total. The molecule has 4 heteroatoms. The van der Waals surface area contributed by atoms with Crippen LogP contribution in [0.1, 0.15) is 11.1 Å². The summed E-state index contributed by atoms with van der Waals surface area (Å²) in [5, 5.41) is 12.0. The van der Waals surface area contributed by atoms with Crippen molar-refractivity contribution in [1.29, 1.82) is 0 Å². The van der Waals surface area contributed by atoms with Crippen molar-refractivity contribution in [2.24, 2.45) is 0 Å². The van der Waals surface area contributed by atoms with E-state index in [9.17, 15) is 4.79 Å². The van der Waals surface area contributed by atoms with Crippen LogP contribution in [0.3, 0.4) is 0 Å². The average molecular weight is 320 g/mol. The molecule has 0 heterocycles. The fourth-order valence-corrected chi connectivity index (χ4v) is 2.16. The van der Waals surface area contributed by atoms with Gasteiger partial charge in [0, 0.05) is 11.0 Å². The summed E-state index contributed by atoms with van der Waals surface area (Å²) in [6, 6.07) is 14.5. The summed E-state index contributed by atoms with van der Waals surface area (Å²) in [6.45, 7) is 0.510. The number of phenolic OH excluding ortho intramolecular Hbond substituents is 1. The third kappa shape index (κ3) is 4.41. The summed E-state index contributed by atoms with van der Waals surface area (Å²) in [5.74, 6) is 0.170. The van der Waals surface area contributed by atoms with Crippen molar-refractivity contribution >= 4 is 21.8 Å². The summed E-state index contributed by atoms with van der Waals surface area (Å²) >= 11 is 3.39.